The van der Waals surface area contributed by atoms with Crippen LogP contribution < -0.4 is 16.0 Å². The lowest BCUT2D eigenvalue weighted by Gasteiger charge is -2.43. The SMILES string of the molecule is CC(=O)NC(NC(C=S)(NC1C[C@@H](OC(C)=O)[C@H](OC(C)=O)[C@@H](COC(C)=O)O1)C(=O)O)C(=O)O. The molecule has 0 aliphatic carbocycles. The largest absolute Gasteiger partial charge is 0.479 e. The maximum absolute atomic E-state index is 12.1. The van der Waals surface area contributed by atoms with Gasteiger partial charge >= 0.3 is 29.8 Å². The predicted octanol–water partition coefficient (Wildman–Crippen LogP) is -1.97. The molecule has 16 heteroatoms. The van der Waals surface area contributed by atoms with Gasteiger partial charge in [-0.25, -0.2) is 9.59 Å². The van der Waals surface area contributed by atoms with Gasteiger partial charge in [0.2, 0.25) is 11.6 Å². The van der Waals surface area contributed by atoms with Gasteiger partial charge in [0, 0.05) is 39.5 Å². The minimum absolute atomic E-state index is 0.286. The summed E-state index contributed by atoms with van der Waals surface area (Å²) in [4.78, 5) is 69.6. The highest BCUT2D eigenvalue weighted by Gasteiger charge is 2.48. The number of hydrogen-bond acceptors (Lipinski definition) is 13. The third-order valence-corrected chi connectivity index (χ3v) is 4.81. The van der Waals surface area contributed by atoms with E-state index >= 15 is 0 Å². The van der Waals surface area contributed by atoms with Crippen molar-refractivity contribution in [3.8, 4) is 0 Å². The first-order chi connectivity index (χ1) is 16.2. The summed E-state index contributed by atoms with van der Waals surface area (Å²) in [5.74, 6) is -6.29. The number of hydrogen-bond donors (Lipinski definition) is 5. The lowest BCUT2D eigenvalue weighted by molar-refractivity contribution is -0.221. The van der Waals surface area contributed by atoms with Gasteiger partial charge in [0.05, 0.1) is 0 Å². The molecule has 1 aliphatic heterocycles. The van der Waals surface area contributed by atoms with Gasteiger partial charge in [-0.15, -0.1) is 0 Å². The number of aliphatic carboxylic acids is 2. The fraction of sp³-hybridized carbons (Fsp3) is 0.632. The number of esters is 3. The van der Waals surface area contributed by atoms with Gasteiger partial charge < -0.3 is 34.5 Å². The number of carbonyl (C=O) groups is 6. The molecule has 1 aliphatic rings. The van der Waals surface area contributed by atoms with E-state index in [4.69, 9.17) is 31.2 Å². The lowest BCUT2D eigenvalue weighted by atomic mass is 9.99. The quantitative estimate of drug-likeness (QED) is 0.0815. The number of rotatable bonds is 12. The average Bonchev–Trinajstić information content (AvgIpc) is 2.71. The van der Waals surface area contributed by atoms with Crippen molar-refractivity contribution in [2.75, 3.05) is 6.61 Å². The zero-order valence-corrected chi connectivity index (χ0v) is 20.1. The van der Waals surface area contributed by atoms with Crippen LogP contribution in [0.2, 0.25) is 0 Å². The topological polar surface area (TPSA) is 216 Å². The van der Waals surface area contributed by atoms with Crippen LogP contribution in [-0.2, 0) is 47.7 Å². The third-order valence-electron chi connectivity index (χ3n) is 4.46. The normalized spacial score (nSPS) is 24.1. The van der Waals surface area contributed by atoms with E-state index in [2.05, 4.69) is 10.6 Å². The van der Waals surface area contributed by atoms with Crippen molar-refractivity contribution in [1.82, 2.24) is 16.0 Å². The van der Waals surface area contributed by atoms with Crippen molar-refractivity contribution in [3.63, 3.8) is 0 Å². The first kappa shape index (κ1) is 29.8. The van der Waals surface area contributed by atoms with Gasteiger partial charge in [-0.1, -0.05) is 12.2 Å². The minimum atomic E-state index is -2.45. The molecule has 1 fully saturated rings. The molecule has 1 amide bonds. The van der Waals surface area contributed by atoms with Crippen molar-refractivity contribution in [2.45, 2.75) is 70.5 Å². The summed E-state index contributed by atoms with van der Waals surface area (Å²) in [6, 6.07) is 0. The molecule has 1 saturated heterocycles. The van der Waals surface area contributed by atoms with Gasteiger partial charge in [-0.3, -0.25) is 29.8 Å². The fourth-order valence-electron chi connectivity index (χ4n) is 3.15. The van der Waals surface area contributed by atoms with E-state index in [1.165, 1.54) is 0 Å². The number of carboxylic acid groups (broad SMARTS) is 2. The number of carboxylic acids is 2. The highest BCUT2D eigenvalue weighted by molar-refractivity contribution is 7.79. The summed E-state index contributed by atoms with van der Waals surface area (Å²) in [5.41, 5.74) is -2.45. The maximum atomic E-state index is 12.1. The van der Waals surface area contributed by atoms with Crippen LogP contribution in [0.15, 0.2) is 0 Å². The molecule has 0 bridgehead atoms. The molecule has 5 N–H and O–H groups in total. The molecule has 35 heavy (non-hydrogen) atoms. The number of nitrogens with one attached hydrogen (secondary N) is 3. The van der Waals surface area contributed by atoms with E-state index in [-0.39, 0.29) is 6.42 Å². The van der Waals surface area contributed by atoms with Gasteiger partial charge in [-0.2, -0.15) is 0 Å². The maximum Gasteiger partial charge on any atom is 0.344 e. The highest BCUT2D eigenvalue weighted by Crippen LogP contribution is 2.26. The molecule has 1 rings (SSSR count). The molecule has 0 saturated carbocycles. The van der Waals surface area contributed by atoms with Gasteiger partial charge in [-0.05, 0) is 0 Å². The van der Waals surface area contributed by atoms with E-state index in [0.29, 0.717) is 5.37 Å². The molecular formula is C19H27N3O12S. The van der Waals surface area contributed by atoms with Crippen LogP contribution in [-0.4, -0.2) is 94.3 Å². The lowest BCUT2D eigenvalue weighted by Crippen LogP contribution is -2.73. The van der Waals surface area contributed by atoms with E-state index < -0.39 is 78.7 Å². The predicted molar refractivity (Wildman–Crippen MR) is 117 cm³/mol. The van der Waals surface area contributed by atoms with Crippen molar-refractivity contribution >= 4 is 53.3 Å². The average molecular weight is 522 g/mol. The Labute approximate surface area is 204 Å². The van der Waals surface area contributed by atoms with Gasteiger partial charge in [0.15, 0.2) is 12.3 Å². The summed E-state index contributed by atoms with van der Waals surface area (Å²) in [6.45, 7) is 3.86. The van der Waals surface area contributed by atoms with E-state index in [9.17, 15) is 39.0 Å². The molecular weight excluding hydrogens is 494 g/mol. The van der Waals surface area contributed by atoms with Crippen LogP contribution in [0, 0.1) is 0 Å². The third kappa shape index (κ3) is 9.16. The Morgan fingerprint density at radius 2 is 1.66 bits per heavy atom. The smallest absolute Gasteiger partial charge is 0.344 e. The Morgan fingerprint density at radius 3 is 2.09 bits per heavy atom. The minimum Gasteiger partial charge on any atom is -0.479 e. The number of carbonyl (C=O) groups excluding carboxylic acids is 4. The standard InChI is InChI=1S/C19H27N3O12S/c1-8(23)20-16(17(27)28)22-19(7-35,18(29)30)21-14-5-12(32-10(3)25)15(33-11(4)26)13(34-14)6-31-9(2)24/h7,12-16,21-22H,5-6H2,1-4H3,(H,20,23)(H,27,28)(H,29,30)/t12-,13-,14?,15+,16?,19?/m1/s1. The Morgan fingerprint density at radius 1 is 1.06 bits per heavy atom. The second-order valence-electron chi connectivity index (χ2n) is 7.41. The van der Waals surface area contributed by atoms with E-state index in [1.54, 1.807) is 0 Å². The number of amides is 1. The van der Waals surface area contributed by atoms with Gasteiger partial charge in [0.25, 0.3) is 0 Å². The van der Waals surface area contributed by atoms with Crippen LogP contribution in [0.5, 0.6) is 0 Å². The summed E-state index contributed by atoms with van der Waals surface area (Å²) in [7, 11) is 0. The summed E-state index contributed by atoms with van der Waals surface area (Å²) in [5, 5.41) is 26.6. The molecule has 0 spiro atoms. The molecule has 15 nitrogen and oxygen atoms in total. The zero-order valence-electron chi connectivity index (χ0n) is 19.3. The molecule has 0 aromatic rings. The Bertz CT molecular complexity index is 868. The van der Waals surface area contributed by atoms with Crippen molar-refractivity contribution in [3.05, 3.63) is 0 Å². The Balaban J connectivity index is 3.33. The van der Waals surface area contributed by atoms with Crippen LogP contribution in [0.1, 0.15) is 34.1 Å². The summed E-state index contributed by atoms with van der Waals surface area (Å²) < 4.78 is 21.1. The van der Waals surface area contributed by atoms with Crippen molar-refractivity contribution in [2.24, 2.45) is 0 Å². The van der Waals surface area contributed by atoms with Crippen molar-refractivity contribution in [1.29, 1.82) is 0 Å². The molecule has 0 radical (unpaired) electrons. The van der Waals surface area contributed by atoms with Crippen LogP contribution in [0.4, 0.5) is 0 Å². The second kappa shape index (κ2) is 13.0. The first-order valence-electron chi connectivity index (χ1n) is 10.1. The second-order valence-corrected chi connectivity index (χ2v) is 7.65. The van der Waals surface area contributed by atoms with E-state index in [1.807, 2.05) is 5.32 Å². The molecule has 0 aromatic heterocycles. The monoisotopic (exact) mass is 521 g/mol. The first-order valence-corrected chi connectivity index (χ1v) is 10.6. The fourth-order valence-corrected chi connectivity index (χ4v) is 3.39. The molecule has 6 atom stereocenters. The Kier molecular flexibility index (Phi) is 11.1. The zero-order chi connectivity index (χ0) is 26.9. The molecule has 1 heterocycles. The summed E-state index contributed by atoms with van der Waals surface area (Å²) in [6.07, 6.45) is -7.10. The summed E-state index contributed by atoms with van der Waals surface area (Å²) >= 11 is 4.83. The molecule has 0 aromatic carbocycles. The number of thiocarbonyl (C=S) groups is 1. The van der Waals surface area contributed by atoms with Gasteiger partial charge in [0.1, 0.15) is 25.0 Å². The highest BCUT2D eigenvalue weighted by atomic mass is 32.1. The molecule has 3 unspecified atom stereocenters. The van der Waals surface area contributed by atoms with Crippen LogP contribution in [0.25, 0.3) is 0 Å². The Hall–Kier alpha value is -3.21. The van der Waals surface area contributed by atoms with E-state index in [0.717, 1.165) is 27.7 Å². The number of ether oxygens (including phenoxy) is 4. The molecule has 196 valence electrons. The van der Waals surface area contributed by atoms with Crippen molar-refractivity contribution < 1.29 is 57.9 Å². The van der Waals surface area contributed by atoms with Crippen LogP contribution in [0.3, 0.4) is 0 Å². The van der Waals surface area contributed by atoms with Crippen LogP contribution >= 0.6 is 12.2 Å².